The lowest BCUT2D eigenvalue weighted by atomic mass is 10.2. The first-order valence-corrected chi connectivity index (χ1v) is 14.8. The van der Waals surface area contributed by atoms with Crippen LogP contribution in [-0.2, 0) is 6.16 Å². The first-order chi connectivity index (χ1) is 18.6. The van der Waals surface area contributed by atoms with Crippen LogP contribution in [0.25, 0.3) is 0 Å². The minimum atomic E-state index is -2.12. The number of nitro benzene ring substituents is 1. The molecule has 5 rings (SSSR count). The molecule has 5 nitrogen and oxygen atoms in total. The van der Waals surface area contributed by atoms with Crippen molar-refractivity contribution in [3.05, 3.63) is 149 Å². The molecule has 184 valence electrons. The van der Waals surface area contributed by atoms with E-state index in [-0.39, 0.29) is 5.69 Å². The van der Waals surface area contributed by atoms with E-state index in [0.29, 0.717) is 10.6 Å². The Morgan fingerprint density at radius 2 is 1.29 bits per heavy atom. The van der Waals surface area contributed by atoms with Crippen molar-refractivity contribution in [2.75, 3.05) is 0 Å². The molecule has 38 heavy (non-hydrogen) atoms. The second kappa shape index (κ2) is 11.4. The van der Waals surface area contributed by atoms with Crippen LogP contribution in [0.4, 0.5) is 5.69 Å². The maximum atomic E-state index is 11.0. The summed E-state index contributed by atoms with van der Waals surface area (Å²) in [6, 6.07) is 42.3. The van der Waals surface area contributed by atoms with E-state index in [9.17, 15) is 15.4 Å². The zero-order chi connectivity index (χ0) is 26.4. The van der Waals surface area contributed by atoms with Crippen molar-refractivity contribution in [3.8, 4) is 6.07 Å². The van der Waals surface area contributed by atoms with Crippen LogP contribution in [0.15, 0.2) is 137 Å². The van der Waals surface area contributed by atoms with Gasteiger partial charge in [0.1, 0.15) is 34.3 Å². The summed E-state index contributed by atoms with van der Waals surface area (Å²) < 4.78 is 0. The quantitative estimate of drug-likeness (QED) is 0.129. The van der Waals surface area contributed by atoms with Crippen LogP contribution in [0.2, 0.25) is 0 Å². The number of hydrogen-bond acceptors (Lipinski definition) is 5. The molecule has 7 heteroatoms. The molecular formula is C31H23N3O2PS+. The second-order valence-electron chi connectivity index (χ2n) is 8.64. The molecule has 0 radical (unpaired) electrons. The predicted octanol–water partition coefficient (Wildman–Crippen LogP) is 6.51. The molecule has 0 atom stereocenters. The molecule has 1 heterocycles. The monoisotopic (exact) mass is 532 g/mol. The molecule has 1 aromatic heterocycles. The van der Waals surface area contributed by atoms with Crippen LogP contribution in [0.3, 0.4) is 0 Å². The van der Waals surface area contributed by atoms with Gasteiger partial charge in [-0.3, -0.25) is 10.1 Å². The number of nitro groups is 1. The summed E-state index contributed by atoms with van der Waals surface area (Å²) in [6.45, 7) is 0. The Balaban J connectivity index is 1.58. The molecular weight excluding hydrogens is 509 g/mol. The van der Waals surface area contributed by atoms with Crippen LogP contribution < -0.4 is 15.9 Å². The SMILES string of the molecule is N#Cc1cc(C[P+](c2ccccc2)(c2ccccc2)c2ccccc2)cnc1Sc1ccc([N+](=O)[O-])cc1. The van der Waals surface area contributed by atoms with Gasteiger partial charge in [-0.1, -0.05) is 66.4 Å². The predicted molar refractivity (Wildman–Crippen MR) is 155 cm³/mol. The van der Waals surface area contributed by atoms with E-state index >= 15 is 0 Å². The Hall–Kier alpha value is -4.30. The Morgan fingerprint density at radius 3 is 1.74 bits per heavy atom. The fraction of sp³-hybridized carbons (Fsp3) is 0.0323. The van der Waals surface area contributed by atoms with Crippen molar-refractivity contribution in [2.45, 2.75) is 16.1 Å². The number of aromatic nitrogens is 1. The topological polar surface area (TPSA) is 79.8 Å². The van der Waals surface area contributed by atoms with Crippen LogP contribution in [0.5, 0.6) is 0 Å². The van der Waals surface area contributed by atoms with Crippen LogP contribution >= 0.6 is 19.0 Å². The second-order valence-corrected chi connectivity index (χ2v) is 13.2. The molecule has 4 aromatic carbocycles. The molecule has 0 aliphatic rings. The number of pyridine rings is 1. The van der Waals surface area contributed by atoms with Crippen molar-refractivity contribution < 1.29 is 4.92 Å². The smallest absolute Gasteiger partial charge is 0.258 e. The third-order valence-electron chi connectivity index (χ3n) is 6.30. The van der Waals surface area contributed by atoms with Gasteiger partial charge in [0.25, 0.3) is 5.69 Å². The van der Waals surface area contributed by atoms with Gasteiger partial charge in [-0.25, -0.2) is 4.98 Å². The van der Waals surface area contributed by atoms with Crippen molar-refractivity contribution in [1.29, 1.82) is 5.26 Å². The average Bonchev–Trinajstić information content (AvgIpc) is 2.98. The van der Waals surface area contributed by atoms with E-state index in [1.54, 1.807) is 12.1 Å². The molecule has 0 amide bonds. The van der Waals surface area contributed by atoms with E-state index in [1.165, 1.54) is 39.8 Å². The van der Waals surface area contributed by atoms with Crippen molar-refractivity contribution in [1.82, 2.24) is 4.98 Å². The summed E-state index contributed by atoms with van der Waals surface area (Å²) in [6.07, 6.45) is 2.58. The van der Waals surface area contributed by atoms with E-state index < -0.39 is 12.2 Å². The number of non-ortho nitro benzene ring substituents is 1. The third kappa shape index (κ3) is 5.21. The van der Waals surface area contributed by atoms with Gasteiger partial charge in [-0.15, -0.1) is 0 Å². The minimum absolute atomic E-state index is 0.0289. The zero-order valence-electron chi connectivity index (χ0n) is 20.3. The van der Waals surface area contributed by atoms with Gasteiger partial charge in [-0.2, -0.15) is 5.26 Å². The lowest BCUT2D eigenvalue weighted by Gasteiger charge is -2.27. The Kier molecular flexibility index (Phi) is 7.60. The first kappa shape index (κ1) is 25.4. The van der Waals surface area contributed by atoms with E-state index in [4.69, 9.17) is 4.98 Å². The summed E-state index contributed by atoms with van der Waals surface area (Å²) >= 11 is 1.33. The molecule has 0 saturated heterocycles. The third-order valence-corrected chi connectivity index (χ3v) is 11.7. The van der Waals surface area contributed by atoms with Gasteiger partial charge in [0.05, 0.1) is 16.6 Å². The van der Waals surface area contributed by atoms with E-state index in [0.717, 1.165) is 16.6 Å². The summed E-state index contributed by atoms with van der Waals surface area (Å²) in [5.41, 5.74) is 1.50. The number of rotatable bonds is 8. The van der Waals surface area contributed by atoms with Gasteiger partial charge in [0.15, 0.2) is 0 Å². The standard InChI is InChI=1S/C31H23N3O2PS/c32-21-25-20-24(22-33-31(25)38-30-18-16-26(17-19-30)34(35)36)23-37(27-10-4-1-5-11-27,28-12-6-2-7-13-28)29-14-8-3-9-15-29/h1-20,22H,23H2/q+1. The lowest BCUT2D eigenvalue weighted by Crippen LogP contribution is -2.32. The molecule has 0 spiro atoms. The molecule has 0 N–H and O–H groups in total. The first-order valence-electron chi connectivity index (χ1n) is 12.0. The zero-order valence-corrected chi connectivity index (χ0v) is 22.1. The van der Waals surface area contributed by atoms with Crippen molar-refractivity contribution >= 4 is 40.6 Å². The summed E-state index contributed by atoms with van der Waals surface area (Å²) in [4.78, 5) is 16.0. The highest BCUT2D eigenvalue weighted by atomic mass is 32.2. The number of nitrogens with zero attached hydrogens (tertiary/aromatic N) is 3. The minimum Gasteiger partial charge on any atom is -0.258 e. The van der Waals surface area contributed by atoms with Gasteiger partial charge >= 0.3 is 0 Å². The molecule has 0 unspecified atom stereocenters. The Labute approximate surface area is 226 Å². The normalized spacial score (nSPS) is 11.0. The van der Waals surface area contributed by atoms with Crippen molar-refractivity contribution in [2.24, 2.45) is 0 Å². The molecule has 0 fully saturated rings. The largest absolute Gasteiger partial charge is 0.269 e. The number of nitriles is 1. The fourth-order valence-corrected chi connectivity index (χ4v) is 9.55. The number of hydrogen-bond donors (Lipinski definition) is 0. The lowest BCUT2D eigenvalue weighted by molar-refractivity contribution is -0.384. The Morgan fingerprint density at radius 1 is 0.789 bits per heavy atom. The molecule has 0 bridgehead atoms. The van der Waals surface area contributed by atoms with E-state index in [1.807, 2.05) is 30.5 Å². The van der Waals surface area contributed by atoms with Crippen molar-refractivity contribution in [3.63, 3.8) is 0 Å². The maximum absolute atomic E-state index is 11.0. The van der Waals surface area contributed by atoms with Crippen LogP contribution in [0.1, 0.15) is 11.1 Å². The Bertz CT molecular complexity index is 1490. The molecule has 5 aromatic rings. The van der Waals surface area contributed by atoms with Gasteiger partial charge in [-0.05, 0) is 54.6 Å². The summed E-state index contributed by atoms with van der Waals surface area (Å²) in [7, 11) is -2.12. The highest BCUT2D eigenvalue weighted by Crippen LogP contribution is 2.58. The molecule has 0 saturated carbocycles. The maximum Gasteiger partial charge on any atom is 0.269 e. The van der Waals surface area contributed by atoms with Gasteiger partial charge in [0.2, 0.25) is 0 Å². The van der Waals surface area contributed by atoms with Crippen LogP contribution in [-0.4, -0.2) is 9.91 Å². The highest BCUT2D eigenvalue weighted by Gasteiger charge is 2.45. The highest BCUT2D eigenvalue weighted by molar-refractivity contribution is 7.99. The summed E-state index contributed by atoms with van der Waals surface area (Å²) in [5, 5.41) is 25.3. The van der Waals surface area contributed by atoms with Crippen LogP contribution in [0, 0.1) is 21.4 Å². The van der Waals surface area contributed by atoms with Gasteiger partial charge in [0, 0.05) is 28.8 Å². The summed E-state index contributed by atoms with van der Waals surface area (Å²) in [5.74, 6) is 0. The molecule has 0 aliphatic heterocycles. The average molecular weight is 533 g/mol. The molecule has 0 aliphatic carbocycles. The van der Waals surface area contributed by atoms with Gasteiger partial charge < -0.3 is 0 Å². The van der Waals surface area contributed by atoms with E-state index in [2.05, 4.69) is 78.9 Å². The fourth-order valence-electron chi connectivity index (χ4n) is 4.53. The number of benzene rings is 4.